The Labute approximate surface area is 99.2 Å². The van der Waals surface area contributed by atoms with Crippen molar-refractivity contribution < 1.29 is 15.0 Å². The molecule has 3 nitrogen and oxygen atoms in total. The van der Waals surface area contributed by atoms with Crippen molar-refractivity contribution in [2.75, 3.05) is 0 Å². The summed E-state index contributed by atoms with van der Waals surface area (Å²) < 4.78 is 0. The first kappa shape index (κ1) is 17.6. The van der Waals surface area contributed by atoms with E-state index in [1.54, 1.807) is 0 Å². The maximum absolute atomic E-state index is 9.60. The quantitative estimate of drug-likeness (QED) is 0.520. The van der Waals surface area contributed by atoms with Crippen LogP contribution in [0.1, 0.15) is 59.3 Å². The van der Waals surface area contributed by atoms with Crippen LogP contribution in [0.4, 0.5) is 0 Å². The van der Waals surface area contributed by atoms with Crippen molar-refractivity contribution in [3.63, 3.8) is 0 Å². The average Bonchev–Trinajstić information content (AvgIpc) is 2.24. The van der Waals surface area contributed by atoms with Gasteiger partial charge in [-0.25, -0.2) is 4.79 Å². The third-order valence-electron chi connectivity index (χ3n) is 2.23. The normalized spacial score (nSPS) is 11.2. The lowest BCUT2D eigenvalue weighted by Gasteiger charge is -2.05. The largest absolute Gasteiger partial charge is 0.478 e. The van der Waals surface area contributed by atoms with Crippen LogP contribution in [0.2, 0.25) is 0 Å². The van der Waals surface area contributed by atoms with E-state index < -0.39 is 5.97 Å². The molecule has 0 aromatic rings. The number of rotatable bonds is 7. The molecule has 0 aliphatic heterocycles. The van der Waals surface area contributed by atoms with Crippen LogP contribution in [-0.4, -0.2) is 22.3 Å². The number of carboxylic acids is 1. The number of carboxylic acid groups (broad SMARTS) is 1. The smallest absolute Gasteiger partial charge is 0.330 e. The Bertz CT molecular complexity index is 176. The molecule has 0 fully saturated rings. The number of carbonyl (C=O) groups is 1. The predicted octanol–water partition coefficient (Wildman–Crippen LogP) is 3.37. The van der Waals surface area contributed by atoms with Gasteiger partial charge in [0.1, 0.15) is 0 Å². The second-order valence-corrected chi connectivity index (χ2v) is 4.00. The van der Waals surface area contributed by atoms with Gasteiger partial charge in [0.25, 0.3) is 0 Å². The zero-order valence-corrected chi connectivity index (χ0v) is 10.8. The molecule has 0 radical (unpaired) electrons. The van der Waals surface area contributed by atoms with E-state index in [0.29, 0.717) is 0 Å². The van der Waals surface area contributed by atoms with Gasteiger partial charge >= 0.3 is 5.97 Å². The Morgan fingerprint density at radius 2 is 1.75 bits per heavy atom. The van der Waals surface area contributed by atoms with Gasteiger partial charge in [-0.3, -0.25) is 0 Å². The molecule has 0 spiro atoms. The van der Waals surface area contributed by atoms with Crippen LogP contribution in [-0.2, 0) is 4.79 Å². The van der Waals surface area contributed by atoms with Crippen molar-refractivity contribution in [2.45, 2.75) is 65.4 Å². The summed E-state index contributed by atoms with van der Waals surface area (Å²) in [6.07, 6.45) is 6.94. The van der Waals surface area contributed by atoms with Crippen LogP contribution < -0.4 is 0 Å². The first-order valence-electron chi connectivity index (χ1n) is 6.02. The van der Waals surface area contributed by atoms with Crippen molar-refractivity contribution in [3.8, 4) is 0 Å². The Morgan fingerprint density at radius 1 is 1.25 bits per heavy atom. The highest BCUT2D eigenvalue weighted by Gasteiger charge is 1.98. The molecule has 3 heteroatoms. The fourth-order valence-electron chi connectivity index (χ4n) is 1.01. The summed E-state index contributed by atoms with van der Waals surface area (Å²) in [7, 11) is 0. The molecule has 0 aliphatic rings. The number of aliphatic hydroxyl groups is 1. The lowest BCUT2D eigenvalue weighted by Crippen LogP contribution is -2.03. The lowest BCUT2D eigenvalue weighted by molar-refractivity contribution is -0.132. The minimum Gasteiger partial charge on any atom is -0.478 e. The van der Waals surface area contributed by atoms with Crippen LogP contribution in [0.3, 0.4) is 0 Å². The third-order valence-corrected chi connectivity index (χ3v) is 2.23. The maximum Gasteiger partial charge on any atom is 0.330 e. The van der Waals surface area contributed by atoms with E-state index in [1.807, 2.05) is 6.92 Å². The molecule has 0 amide bonds. The minimum absolute atomic E-state index is 0.0446. The van der Waals surface area contributed by atoms with E-state index in [9.17, 15) is 4.79 Å². The topological polar surface area (TPSA) is 57.5 Å². The van der Waals surface area contributed by atoms with Crippen molar-refractivity contribution in [3.05, 3.63) is 12.2 Å². The van der Waals surface area contributed by atoms with Gasteiger partial charge in [-0.15, -0.1) is 0 Å². The van der Waals surface area contributed by atoms with Gasteiger partial charge in [-0.05, 0) is 19.8 Å². The fraction of sp³-hybridized carbons (Fsp3) is 0.769. The van der Waals surface area contributed by atoms with E-state index in [4.69, 9.17) is 10.2 Å². The van der Waals surface area contributed by atoms with E-state index >= 15 is 0 Å². The molecule has 96 valence electrons. The molecule has 1 unspecified atom stereocenters. The Morgan fingerprint density at radius 3 is 2.06 bits per heavy atom. The van der Waals surface area contributed by atoms with Gasteiger partial charge in [-0.1, -0.05) is 46.1 Å². The lowest BCUT2D eigenvalue weighted by atomic mass is 10.1. The number of hydrogen-bond donors (Lipinski definition) is 2. The van der Waals surface area contributed by atoms with Crippen LogP contribution in [0, 0.1) is 0 Å². The number of aliphatic carboxylic acids is 1. The highest BCUT2D eigenvalue weighted by atomic mass is 16.4. The number of unbranched alkanes of at least 4 members (excludes halogenated alkanes) is 3. The zero-order chi connectivity index (χ0) is 13.0. The molecular weight excluding hydrogens is 204 g/mol. The Hall–Kier alpha value is -0.830. The van der Waals surface area contributed by atoms with Gasteiger partial charge in [0.2, 0.25) is 0 Å². The molecule has 0 aromatic carbocycles. The molecule has 0 rings (SSSR count). The molecule has 16 heavy (non-hydrogen) atoms. The summed E-state index contributed by atoms with van der Waals surface area (Å²) in [5.41, 5.74) is 0.176. The van der Waals surface area contributed by atoms with Gasteiger partial charge in [0, 0.05) is 5.57 Å². The molecule has 0 saturated carbocycles. The Kier molecular flexibility index (Phi) is 13.4. The third kappa shape index (κ3) is 15.6. The molecule has 0 bridgehead atoms. The van der Waals surface area contributed by atoms with Crippen LogP contribution in [0.15, 0.2) is 12.2 Å². The molecule has 1 atom stereocenters. The van der Waals surface area contributed by atoms with Crippen LogP contribution in [0.25, 0.3) is 0 Å². The molecular formula is C13H26O3. The summed E-state index contributed by atoms with van der Waals surface area (Å²) in [5, 5.41) is 17.0. The van der Waals surface area contributed by atoms with Crippen molar-refractivity contribution in [2.24, 2.45) is 0 Å². The molecule has 0 saturated heterocycles. The van der Waals surface area contributed by atoms with Crippen LogP contribution in [0.5, 0.6) is 0 Å². The van der Waals surface area contributed by atoms with Crippen molar-refractivity contribution in [1.82, 2.24) is 0 Å². The summed E-state index contributed by atoms with van der Waals surface area (Å²) in [4.78, 5) is 9.60. The first-order valence-corrected chi connectivity index (χ1v) is 6.02. The summed E-state index contributed by atoms with van der Waals surface area (Å²) in [6, 6.07) is 0. The van der Waals surface area contributed by atoms with Crippen molar-refractivity contribution in [1.29, 1.82) is 0 Å². The monoisotopic (exact) mass is 230 g/mol. The fourth-order valence-corrected chi connectivity index (χ4v) is 1.01. The maximum atomic E-state index is 9.60. The van der Waals surface area contributed by atoms with E-state index in [2.05, 4.69) is 13.5 Å². The molecule has 0 aromatic heterocycles. The highest BCUT2D eigenvalue weighted by Crippen LogP contribution is 2.06. The molecule has 0 aliphatic carbocycles. The summed E-state index contributed by atoms with van der Waals surface area (Å²) >= 11 is 0. The molecule has 2 N–H and O–H groups in total. The summed E-state index contributed by atoms with van der Waals surface area (Å²) in [6.45, 7) is 8.84. The predicted molar refractivity (Wildman–Crippen MR) is 67.5 cm³/mol. The van der Waals surface area contributed by atoms with Gasteiger partial charge in [0.15, 0.2) is 0 Å². The van der Waals surface area contributed by atoms with Gasteiger partial charge in [0.05, 0.1) is 6.10 Å². The zero-order valence-electron chi connectivity index (χ0n) is 10.8. The number of hydrogen-bond acceptors (Lipinski definition) is 2. The first-order chi connectivity index (χ1) is 7.45. The summed E-state index contributed by atoms with van der Waals surface area (Å²) in [5.74, 6) is -0.935. The minimum atomic E-state index is -0.935. The van der Waals surface area contributed by atoms with E-state index in [-0.39, 0.29) is 11.7 Å². The van der Waals surface area contributed by atoms with E-state index in [1.165, 1.54) is 32.6 Å². The van der Waals surface area contributed by atoms with Crippen LogP contribution >= 0.6 is 0 Å². The molecule has 0 heterocycles. The number of aliphatic hydroxyl groups excluding tert-OH is 1. The highest BCUT2D eigenvalue weighted by molar-refractivity contribution is 5.84. The van der Waals surface area contributed by atoms with E-state index in [0.717, 1.165) is 12.8 Å². The second kappa shape index (κ2) is 12.2. The van der Waals surface area contributed by atoms with Gasteiger partial charge in [-0.2, -0.15) is 0 Å². The SMILES string of the molecule is C=C(C)C(=O)O.CCCCCCC(O)CC. The standard InChI is InChI=1S/C9H20O.C4H6O2/c1-3-5-6-7-8-9(10)4-2;1-3(2)4(5)6/h9-10H,3-8H2,1-2H3;1H2,2H3,(H,5,6). The Balaban J connectivity index is 0. The van der Waals surface area contributed by atoms with Crippen molar-refractivity contribution >= 4 is 5.97 Å². The van der Waals surface area contributed by atoms with Gasteiger partial charge < -0.3 is 10.2 Å². The second-order valence-electron chi connectivity index (χ2n) is 4.00. The average molecular weight is 230 g/mol.